The molecular formula is C21H24O3. The van der Waals surface area contributed by atoms with Crippen molar-refractivity contribution in [1.82, 2.24) is 0 Å². The molecule has 0 amide bonds. The Balaban J connectivity index is 2.12. The molecule has 0 radical (unpaired) electrons. The van der Waals surface area contributed by atoms with Gasteiger partial charge in [-0.1, -0.05) is 63.2 Å². The second kappa shape index (κ2) is 7.00. The Bertz CT molecular complexity index is 696. The summed E-state index contributed by atoms with van der Waals surface area (Å²) in [7, 11) is 0. The van der Waals surface area contributed by atoms with Gasteiger partial charge in [0, 0.05) is 6.42 Å². The van der Waals surface area contributed by atoms with E-state index in [-0.39, 0.29) is 5.41 Å². The van der Waals surface area contributed by atoms with Crippen molar-refractivity contribution in [2.75, 3.05) is 0 Å². The number of rotatable bonds is 5. The van der Waals surface area contributed by atoms with E-state index in [1.54, 1.807) is 31.2 Å². The number of carbonyl (C=O) groups excluding carboxylic acids is 2. The minimum Gasteiger partial charge on any atom is -0.448 e. The van der Waals surface area contributed by atoms with Crippen LogP contribution in [0.4, 0.5) is 0 Å². The molecule has 0 aromatic heterocycles. The van der Waals surface area contributed by atoms with Crippen LogP contribution in [0.25, 0.3) is 0 Å². The number of hydrogen-bond donors (Lipinski definition) is 0. The van der Waals surface area contributed by atoms with Crippen LogP contribution in [0, 0.1) is 0 Å². The van der Waals surface area contributed by atoms with E-state index in [2.05, 4.69) is 32.9 Å². The first-order valence-electron chi connectivity index (χ1n) is 8.08. The summed E-state index contributed by atoms with van der Waals surface area (Å²) in [6.07, 6.45) is 1.05. The van der Waals surface area contributed by atoms with Crippen molar-refractivity contribution < 1.29 is 14.3 Å². The number of esters is 1. The normalized spacial score (nSPS) is 13.8. The van der Waals surface area contributed by atoms with Gasteiger partial charge in [-0.05, 0) is 35.6 Å². The molecule has 0 fully saturated rings. The number of hydrogen-bond acceptors (Lipinski definition) is 3. The second-order valence-electron chi connectivity index (χ2n) is 7.31. The van der Waals surface area contributed by atoms with Gasteiger partial charge in [0.25, 0.3) is 0 Å². The molecule has 0 spiro atoms. The Morgan fingerprint density at radius 2 is 1.54 bits per heavy atom. The van der Waals surface area contributed by atoms with Crippen molar-refractivity contribution in [2.24, 2.45) is 0 Å². The van der Waals surface area contributed by atoms with Gasteiger partial charge >= 0.3 is 5.97 Å². The molecule has 126 valence electrons. The van der Waals surface area contributed by atoms with Crippen LogP contribution in [0.2, 0.25) is 0 Å². The van der Waals surface area contributed by atoms with E-state index < -0.39 is 11.6 Å². The number of benzene rings is 2. The lowest BCUT2D eigenvalue weighted by atomic mass is 9.86. The smallest absolute Gasteiger partial charge is 0.339 e. The SMILES string of the molecule is CC(C)(C)c1ccc(C[C@](C)(C=O)OC(=O)c2ccccc2)cc1. The maximum absolute atomic E-state index is 12.2. The zero-order chi connectivity index (χ0) is 17.8. The zero-order valence-electron chi connectivity index (χ0n) is 14.7. The lowest BCUT2D eigenvalue weighted by Crippen LogP contribution is -2.36. The summed E-state index contributed by atoms with van der Waals surface area (Å²) in [5, 5.41) is 0. The van der Waals surface area contributed by atoms with E-state index in [0.717, 1.165) is 5.56 Å². The van der Waals surface area contributed by atoms with Crippen LogP contribution in [-0.4, -0.2) is 17.9 Å². The van der Waals surface area contributed by atoms with Crippen LogP contribution in [0.15, 0.2) is 54.6 Å². The van der Waals surface area contributed by atoms with Gasteiger partial charge < -0.3 is 4.74 Å². The molecule has 0 saturated carbocycles. The number of aldehydes is 1. The predicted molar refractivity (Wildman–Crippen MR) is 95.2 cm³/mol. The third-order valence-electron chi connectivity index (χ3n) is 3.96. The average molecular weight is 324 g/mol. The molecule has 0 aliphatic rings. The molecule has 2 rings (SSSR count). The molecule has 0 heterocycles. The van der Waals surface area contributed by atoms with E-state index in [1.165, 1.54) is 5.56 Å². The molecule has 2 aromatic carbocycles. The third-order valence-corrected chi connectivity index (χ3v) is 3.96. The van der Waals surface area contributed by atoms with E-state index in [0.29, 0.717) is 18.3 Å². The van der Waals surface area contributed by atoms with Gasteiger partial charge in [0.05, 0.1) is 5.56 Å². The summed E-state index contributed by atoms with van der Waals surface area (Å²) >= 11 is 0. The van der Waals surface area contributed by atoms with Crippen LogP contribution in [0.3, 0.4) is 0 Å². The Hall–Kier alpha value is -2.42. The molecule has 0 N–H and O–H groups in total. The molecule has 0 aliphatic carbocycles. The maximum atomic E-state index is 12.2. The Morgan fingerprint density at radius 3 is 2.04 bits per heavy atom. The van der Waals surface area contributed by atoms with Gasteiger partial charge in [-0.25, -0.2) is 4.79 Å². The number of ether oxygens (including phenoxy) is 1. The van der Waals surface area contributed by atoms with Crippen LogP contribution in [0.5, 0.6) is 0 Å². The number of carbonyl (C=O) groups is 2. The first kappa shape index (κ1) is 17.9. The monoisotopic (exact) mass is 324 g/mol. The minimum atomic E-state index is -1.18. The summed E-state index contributed by atoms with van der Waals surface area (Å²) in [5.41, 5.74) is 1.51. The fourth-order valence-electron chi connectivity index (χ4n) is 2.47. The van der Waals surface area contributed by atoms with Gasteiger partial charge in [0.15, 0.2) is 11.9 Å². The highest BCUT2D eigenvalue weighted by Gasteiger charge is 2.29. The lowest BCUT2D eigenvalue weighted by Gasteiger charge is -2.24. The van der Waals surface area contributed by atoms with Crippen LogP contribution in [0.1, 0.15) is 49.2 Å². The summed E-state index contributed by atoms with van der Waals surface area (Å²) in [4.78, 5) is 23.8. The predicted octanol–water partition coefficient (Wildman–Crippen LogP) is 4.34. The summed E-state index contributed by atoms with van der Waals surface area (Å²) in [6.45, 7) is 8.09. The van der Waals surface area contributed by atoms with E-state index >= 15 is 0 Å². The fraction of sp³-hybridized carbons (Fsp3) is 0.333. The topological polar surface area (TPSA) is 43.4 Å². The van der Waals surface area contributed by atoms with Crippen molar-refractivity contribution in [3.63, 3.8) is 0 Å². The Morgan fingerprint density at radius 1 is 0.958 bits per heavy atom. The average Bonchev–Trinajstić information content (AvgIpc) is 2.55. The molecule has 1 atom stereocenters. The molecule has 0 aliphatic heterocycles. The first-order chi connectivity index (χ1) is 11.2. The van der Waals surface area contributed by atoms with Crippen LogP contribution in [-0.2, 0) is 21.4 Å². The summed E-state index contributed by atoms with van der Waals surface area (Å²) < 4.78 is 5.47. The standard InChI is InChI=1S/C21H24O3/c1-20(2,3)18-12-10-16(11-13-18)14-21(4,15-22)24-19(23)17-8-6-5-7-9-17/h5-13,15H,14H2,1-4H3/t21-/m1/s1. The van der Waals surface area contributed by atoms with Crippen molar-refractivity contribution in [2.45, 2.75) is 45.1 Å². The van der Waals surface area contributed by atoms with E-state index in [4.69, 9.17) is 4.74 Å². The lowest BCUT2D eigenvalue weighted by molar-refractivity contribution is -0.123. The second-order valence-corrected chi connectivity index (χ2v) is 7.31. The quantitative estimate of drug-likeness (QED) is 0.607. The highest BCUT2D eigenvalue weighted by Crippen LogP contribution is 2.24. The first-order valence-corrected chi connectivity index (χ1v) is 8.08. The zero-order valence-corrected chi connectivity index (χ0v) is 14.7. The van der Waals surface area contributed by atoms with Crippen molar-refractivity contribution in [3.05, 3.63) is 71.3 Å². The van der Waals surface area contributed by atoms with E-state index in [9.17, 15) is 9.59 Å². The Kier molecular flexibility index (Phi) is 5.23. The van der Waals surface area contributed by atoms with Gasteiger partial charge in [0.1, 0.15) is 0 Å². The minimum absolute atomic E-state index is 0.0757. The molecule has 0 saturated heterocycles. The van der Waals surface area contributed by atoms with Gasteiger partial charge in [-0.2, -0.15) is 0 Å². The Labute approximate surface area is 143 Å². The highest BCUT2D eigenvalue weighted by atomic mass is 16.6. The van der Waals surface area contributed by atoms with Gasteiger partial charge in [-0.15, -0.1) is 0 Å². The van der Waals surface area contributed by atoms with Gasteiger partial charge in [0.2, 0.25) is 0 Å². The van der Waals surface area contributed by atoms with Crippen molar-refractivity contribution in [1.29, 1.82) is 0 Å². The van der Waals surface area contributed by atoms with Gasteiger partial charge in [-0.3, -0.25) is 4.79 Å². The molecule has 3 nitrogen and oxygen atoms in total. The molecule has 0 unspecified atom stereocenters. The van der Waals surface area contributed by atoms with Crippen LogP contribution >= 0.6 is 0 Å². The summed E-state index contributed by atoms with van der Waals surface area (Å²) in [5.74, 6) is -0.489. The molecule has 3 heteroatoms. The fourth-order valence-corrected chi connectivity index (χ4v) is 2.47. The molecular weight excluding hydrogens is 300 g/mol. The van der Waals surface area contributed by atoms with E-state index in [1.807, 2.05) is 18.2 Å². The highest BCUT2D eigenvalue weighted by molar-refractivity contribution is 5.90. The third kappa shape index (κ3) is 4.54. The van der Waals surface area contributed by atoms with Crippen molar-refractivity contribution in [3.8, 4) is 0 Å². The maximum Gasteiger partial charge on any atom is 0.339 e. The molecule has 2 aromatic rings. The molecule has 24 heavy (non-hydrogen) atoms. The van der Waals surface area contributed by atoms with Crippen molar-refractivity contribution >= 4 is 12.3 Å². The summed E-state index contributed by atoms with van der Waals surface area (Å²) in [6, 6.07) is 16.8. The van der Waals surface area contributed by atoms with Crippen LogP contribution < -0.4 is 0 Å². The largest absolute Gasteiger partial charge is 0.448 e. The molecule has 0 bridgehead atoms.